The van der Waals surface area contributed by atoms with Crippen LogP contribution in [0.5, 0.6) is 0 Å². The van der Waals surface area contributed by atoms with Crippen molar-refractivity contribution in [1.29, 1.82) is 0 Å². The Hall–Kier alpha value is -2.94. The summed E-state index contributed by atoms with van der Waals surface area (Å²) in [4.78, 5) is 60.7. The van der Waals surface area contributed by atoms with Crippen molar-refractivity contribution in [2.24, 2.45) is 5.92 Å². The fraction of sp³-hybridized carbons (Fsp3) is 0.522. The second kappa shape index (κ2) is 9.13. The zero-order valence-electron chi connectivity index (χ0n) is 18.8. The van der Waals surface area contributed by atoms with E-state index in [1.807, 2.05) is 0 Å². The second-order valence-corrected chi connectivity index (χ2v) is 9.27. The van der Waals surface area contributed by atoms with Gasteiger partial charge < -0.3 is 15.2 Å². The van der Waals surface area contributed by atoms with Crippen molar-refractivity contribution >= 4 is 40.3 Å². The maximum Gasteiger partial charge on any atom is 0.325 e. The van der Waals surface area contributed by atoms with Crippen molar-refractivity contribution in [2.75, 3.05) is 13.1 Å². The van der Waals surface area contributed by atoms with E-state index in [-0.39, 0.29) is 24.6 Å². The minimum absolute atomic E-state index is 0.0417. The molecule has 2 fully saturated rings. The lowest BCUT2D eigenvalue weighted by Crippen LogP contribution is -2.50. The van der Waals surface area contributed by atoms with Gasteiger partial charge in [0.1, 0.15) is 17.9 Å². The average molecular weight is 474 g/mol. The van der Waals surface area contributed by atoms with E-state index in [2.05, 4.69) is 22.2 Å². The summed E-state index contributed by atoms with van der Waals surface area (Å²) in [5.41, 5.74) is -0.776. The quantitative estimate of drug-likeness (QED) is 0.626. The number of benzene rings is 1. The monoisotopic (exact) mass is 473 g/mol. The van der Waals surface area contributed by atoms with Crippen LogP contribution < -0.4 is 10.9 Å². The SMILES string of the molecule is CCC1CCC2(CC1)NC(=O)N(CC(=O)N(CC)Cc1nc3cc(Cl)ccc3c(=O)[nH]1)C2=O. The molecule has 1 saturated carbocycles. The highest BCUT2D eigenvalue weighted by atomic mass is 35.5. The number of carbonyl (C=O) groups is 3. The van der Waals surface area contributed by atoms with Crippen LogP contribution >= 0.6 is 11.6 Å². The summed E-state index contributed by atoms with van der Waals surface area (Å²) in [6.07, 6.45) is 4.03. The number of rotatable bonds is 6. The summed E-state index contributed by atoms with van der Waals surface area (Å²) in [6.45, 7) is 3.94. The molecule has 4 rings (SSSR count). The summed E-state index contributed by atoms with van der Waals surface area (Å²) in [5, 5.41) is 3.71. The van der Waals surface area contributed by atoms with Gasteiger partial charge in [-0.25, -0.2) is 9.78 Å². The van der Waals surface area contributed by atoms with Gasteiger partial charge >= 0.3 is 6.03 Å². The molecule has 0 atom stereocenters. The number of aromatic amines is 1. The molecular formula is C23H28ClN5O4. The van der Waals surface area contributed by atoms with E-state index in [0.717, 1.165) is 24.2 Å². The lowest BCUT2D eigenvalue weighted by Gasteiger charge is -2.34. The van der Waals surface area contributed by atoms with E-state index in [4.69, 9.17) is 11.6 Å². The first-order valence-corrected chi connectivity index (χ1v) is 11.7. The summed E-state index contributed by atoms with van der Waals surface area (Å²) >= 11 is 6.01. The minimum atomic E-state index is -0.884. The molecule has 2 N–H and O–H groups in total. The summed E-state index contributed by atoms with van der Waals surface area (Å²) in [6, 6.07) is 4.28. The van der Waals surface area contributed by atoms with Crippen LogP contribution in [0, 0.1) is 5.92 Å². The van der Waals surface area contributed by atoms with Gasteiger partial charge in [0.05, 0.1) is 17.4 Å². The zero-order chi connectivity index (χ0) is 23.8. The van der Waals surface area contributed by atoms with Crippen LogP contribution in [0.3, 0.4) is 0 Å². The van der Waals surface area contributed by atoms with Crippen molar-refractivity contribution < 1.29 is 14.4 Å². The predicted molar refractivity (Wildman–Crippen MR) is 124 cm³/mol. The Balaban J connectivity index is 1.47. The molecule has 1 spiro atoms. The normalized spacial score (nSPS) is 22.8. The third-order valence-electron chi connectivity index (χ3n) is 6.87. The first kappa shape index (κ1) is 23.2. The molecule has 10 heteroatoms. The van der Waals surface area contributed by atoms with Crippen molar-refractivity contribution in [3.63, 3.8) is 0 Å². The van der Waals surface area contributed by atoms with Crippen LogP contribution in [0.15, 0.2) is 23.0 Å². The number of imide groups is 1. The minimum Gasteiger partial charge on any atom is -0.334 e. The number of amides is 4. The number of urea groups is 1. The van der Waals surface area contributed by atoms with E-state index >= 15 is 0 Å². The number of aromatic nitrogens is 2. The number of halogens is 1. The topological polar surface area (TPSA) is 115 Å². The first-order chi connectivity index (χ1) is 15.8. The fourth-order valence-electron chi connectivity index (χ4n) is 4.77. The van der Waals surface area contributed by atoms with Crippen LogP contribution in [0.2, 0.25) is 5.02 Å². The maximum atomic E-state index is 13.1. The molecule has 2 heterocycles. The van der Waals surface area contributed by atoms with Gasteiger partial charge in [0, 0.05) is 11.6 Å². The Morgan fingerprint density at radius 2 is 1.97 bits per heavy atom. The van der Waals surface area contributed by atoms with Crippen LogP contribution in [-0.4, -0.2) is 56.2 Å². The van der Waals surface area contributed by atoms with Crippen LogP contribution in [0.4, 0.5) is 4.79 Å². The molecule has 0 unspecified atom stereocenters. The third kappa shape index (κ3) is 4.46. The number of nitrogens with zero attached hydrogens (tertiary/aromatic N) is 3. The highest BCUT2D eigenvalue weighted by Crippen LogP contribution is 2.37. The molecular weight excluding hydrogens is 446 g/mol. The van der Waals surface area contributed by atoms with Gasteiger partial charge in [0.15, 0.2) is 0 Å². The van der Waals surface area contributed by atoms with E-state index in [1.54, 1.807) is 25.1 Å². The number of likely N-dealkylation sites (N-methyl/N-ethyl adjacent to an activating group) is 1. The number of nitrogens with one attached hydrogen (secondary N) is 2. The Labute approximate surface area is 196 Å². The van der Waals surface area contributed by atoms with Gasteiger partial charge in [-0.15, -0.1) is 0 Å². The van der Waals surface area contributed by atoms with Crippen molar-refractivity contribution in [1.82, 2.24) is 25.1 Å². The lowest BCUT2D eigenvalue weighted by atomic mass is 9.75. The molecule has 2 aromatic rings. The molecule has 0 bridgehead atoms. The second-order valence-electron chi connectivity index (χ2n) is 8.84. The van der Waals surface area contributed by atoms with E-state index in [9.17, 15) is 19.2 Å². The van der Waals surface area contributed by atoms with Gasteiger partial charge in [-0.2, -0.15) is 0 Å². The summed E-state index contributed by atoms with van der Waals surface area (Å²) < 4.78 is 0. The van der Waals surface area contributed by atoms with E-state index < -0.39 is 17.5 Å². The number of H-pyrrole nitrogens is 1. The van der Waals surface area contributed by atoms with Gasteiger partial charge in [-0.05, 0) is 56.7 Å². The maximum absolute atomic E-state index is 13.1. The summed E-state index contributed by atoms with van der Waals surface area (Å²) in [5.74, 6) is 0.155. The van der Waals surface area contributed by atoms with Crippen LogP contribution in [0.25, 0.3) is 10.9 Å². The van der Waals surface area contributed by atoms with Gasteiger partial charge in [-0.1, -0.05) is 24.9 Å². The largest absolute Gasteiger partial charge is 0.334 e. The number of fused-ring (bicyclic) bond motifs is 1. The number of hydrogen-bond acceptors (Lipinski definition) is 5. The van der Waals surface area contributed by atoms with Crippen LogP contribution in [0.1, 0.15) is 51.8 Å². The molecule has 4 amide bonds. The van der Waals surface area contributed by atoms with Gasteiger partial charge in [0.25, 0.3) is 11.5 Å². The zero-order valence-corrected chi connectivity index (χ0v) is 19.6. The predicted octanol–water partition coefficient (Wildman–Crippen LogP) is 2.82. The molecule has 9 nitrogen and oxygen atoms in total. The van der Waals surface area contributed by atoms with E-state index in [0.29, 0.717) is 47.1 Å². The highest BCUT2D eigenvalue weighted by Gasteiger charge is 2.52. The fourth-order valence-corrected chi connectivity index (χ4v) is 4.93. The third-order valence-corrected chi connectivity index (χ3v) is 7.10. The Bertz CT molecular complexity index is 1160. The molecule has 33 heavy (non-hydrogen) atoms. The highest BCUT2D eigenvalue weighted by molar-refractivity contribution is 6.31. The molecule has 1 aliphatic heterocycles. The standard InChI is InChI=1S/C23H28ClN5O4/c1-3-14-7-9-23(10-8-14)21(32)29(22(33)27-23)13-19(30)28(4-2)12-18-25-17-11-15(24)5-6-16(17)20(31)26-18/h5-6,11,14H,3-4,7-10,12-13H2,1-2H3,(H,27,33)(H,25,26,31). The van der Waals surface area contributed by atoms with Crippen LogP contribution in [-0.2, 0) is 16.1 Å². The molecule has 2 aliphatic rings. The van der Waals surface area contributed by atoms with Crippen molar-refractivity contribution in [3.8, 4) is 0 Å². The summed E-state index contributed by atoms with van der Waals surface area (Å²) in [7, 11) is 0. The Kier molecular flexibility index (Phi) is 6.43. The smallest absolute Gasteiger partial charge is 0.325 e. The van der Waals surface area contributed by atoms with E-state index in [1.165, 1.54) is 4.90 Å². The van der Waals surface area contributed by atoms with Crippen molar-refractivity contribution in [2.45, 2.75) is 58.0 Å². The molecule has 1 aliphatic carbocycles. The molecule has 176 valence electrons. The Morgan fingerprint density at radius 3 is 2.64 bits per heavy atom. The average Bonchev–Trinajstić information content (AvgIpc) is 3.01. The molecule has 1 saturated heterocycles. The molecule has 0 radical (unpaired) electrons. The van der Waals surface area contributed by atoms with Crippen molar-refractivity contribution in [3.05, 3.63) is 39.4 Å². The van der Waals surface area contributed by atoms with Gasteiger partial charge in [0.2, 0.25) is 5.91 Å². The number of hydrogen-bond donors (Lipinski definition) is 2. The molecule has 1 aromatic carbocycles. The molecule has 1 aromatic heterocycles. The van der Waals surface area contributed by atoms with Gasteiger partial charge in [-0.3, -0.25) is 19.3 Å². The lowest BCUT2D eigenvalue weighted by molar-refractivity contribution is -0.140. The Morgan fingerprint density at radius 1 is 1.24 bits per heavy atom. The number of carbonyl (C=O) groups excluding carboxylic acids is 3. The first-order valence-electron chi connectivity index (χ1n) is 11.4.